The molecule has 0 aliphatic carbocycles. The molecule has 0 radical (unpaired) electrons. The number of furan rings is 1. The van der Waals surface area contributed by atoms with Gasteiger partial charge in [0, 0.05) is 0 Å². The highest BCUT2D eigenvalue weighted by Gasteiger charge is 2.44. The van der Waals surface area contributed by atoms with Gasteiger partial charge in [-0.05, 0) is 12.1 Å². The fraction of sp³-hybridized carbons (Fsp3) is 0.500. The van der Waals surface area contributed by atoms with Gasteiger partial charge in [-0.25, -0.2) is 4.79 Å². The summed E-state index contributed by atoms with van der Waals surface area (Å²) in [5, 5.41) is 36.7. The van der Waals surface area contributed by atoms with Gasteiger partial charge in [0.25, 0.3) is 0 Å². The Kier molecular flexibility index (Phi) is 3.16. The normalized spacial score (nSPS) is 32.9. The Morgan fingerprint density at radius 1 is 1.29 bits per heavy atom. The number of carboxylic acids is 1. The SMILES string of the molecule is O=C(O)c1ccc([C@@H]2O[C@H](CO)[C@@H](O)[C@H]2O)o1. The van der Waals surface area contributed by atoms with Crippen molar-refractivity contribution in [3.63, 3.8) is 0 Å². The van der Waals surface area contributed by atoms with Crippen molar-refractivity contribution in [2.75, 3.05) is 6.61 Å². The zero-order chi connectivity index (χ0) is 12.6. The van der Waals surface area contributed by atoms with Gasteiger partial charge in [-0.2, -0.15) is 0 Å². The van der Waals surface area contributed by atoms with Crippen LogP contribution in [0.4, 0.5) is 0 Å². The average Bonchev–Trinajstić information content (AvgIpc) is 2.87. The highest BCUT2D eigenvalue weighted by atomic mass is 16.6. The summed E-state index contributed by atoms with van der Waals surface area (Å²) in [6.07, 6.45) is -4.38. The van der Waals surface area contributed by atoms with Crippen LogP contribution in [0.25, 0.3) is 0 Å². The molecule has 1 saturated heterocycles. The second kappa shape index (κ2) is 4.46. The van der Waals surface area contributed by atoms with E-state index in [1.165, 1.54) is 12.1 Å². The molecular weight excluding hydrogens is 232 g/mol. The summed E-state index contributed by atoms with van der Waals surface area (Å²) < 4.78 is 10.1. The first-order valence-electron chi connectivity index (χ1n) is 5.00. The molecule has 2 heterocycles. The largest absolute Gasteiger partial charge is 0.475 e. The third-order valence-electron chi connectivity index (χ3n) is 2.66. The van der Waals surface area contributed by atoms with Crippen molar-refractivity contribution in [2.45, 2.75) is 24.4 Å². The molecule has 0 saturated carbocycles. The molecule has 4 atom stereocenters. The lowest BCUT2D eigenvalue weighted by Gasteiger charge is -2.11. The lowest BCUT2D eigenvalue weighted by molar-refractivity contribution is -0.0293. The number of aliphatic hydroxyl groups excluding tert-OH is 3. The molecule has 4 N–H and O–H groups in total. The Morgan fingerprint density at radius 2 is 2.00 bits per heavy atom. The number of hydrogen-bond donors (Lipinski definition) is 4. The third-order valence-corrected chi connectivity index (χ3v) is 2.66. The predicted octanol–water partition coefficient (Wildman–Crippen LogP) is -0.868. The number of aromatic carboxylic acids is 1. The van der Waals surface area contributed by atoms with Crippen LogP contribution in [-0.2, 0) is 4.74 Å². The van der Waals surface area contributed by atoms with Crippen molar-refractivity contribution in [3.8, 4) is 0 Å². The molecule has 1 fully saturated rings. The van der Waals surface area contributed by atoms with Gasteiger partial charge in [0.2, 0.25) is 5.76 Å². The van der Waals surface area contributed by atoms with Gasteiger partial charge in [0.05, 0.1) is 6.61 Å². The molecule has 0 spiro atoms. The zero-order valence-corrected chi connectivity index (χ0v) is 8.68. The minimum Gasteiger partial charge on any atom is -0.475 e. The van der Waals surface area contributed by atoms with Gasteiger partial charge in [-0.1, -0.05) is 0 Å². The van der Waals surface area contributed by atoms with Crippen molar-refractivity contribution in [1.82, 2.24) is 0 Å². The molecule has 7 nitrogen and oxygen atoms in total. The summed E-state index contributed by atoms with van der Waals surface area (Å²) in [5.74, 6) is -1.41. The molecule has 2 rings (SSSR count). The molecule has 1 aliphatic heterocycles. The second-order valence-corrected chi connectivity index (χ2v) is 3.77. The number of carboxylic acid groups (broad SMARTS) is 1. The maximum atomic E-state index is 10.6. The van der Waals surface area contributed by atoms with E-state index in [2.05, 4.69) is 0 Å². The molecule has 17 heavy (non-hydrogen) atoms. The topological polar surface area (TPSA) is 120 Å². The smallest absolute Gasteiger partial charge is 0.371 e. The first kappa shape index (κ1) is 12.1. The number of carbonyl (C=O) groups is 1. The number of rotatable bonds is 3. The van der Waals surface area contributed by atoms with E-state index in [0.29, 0.717) is 0 Å². The first-order valence-corrected chi connectivity index (χ1v) is 5.00. The molecule has 1 aromatic rings. The monoisotopic (exact) mass is 244 g/mol. The van der Waals surface area contributed by atoms with Crippen LogP contribution in [0.15, 0.2) is 16.5 Å². The van der Waals surface area contributed by atoms with Crippen LogP contribution in [0, 0.1) is 0 Å². The zero-order valence-electron chi connectivity index (χ0n) is 8.68. The van der Waals surface area contributed by atoms with Gasteiger partial charge in [-0.3, -0.25) is 0 Å². The van der Waals surface area contributed by atoms with Gasteiger partial charge in [0.1, 0.15) is 30.2 Å². The summed E-state index contributed by atoms with van der Waals surface area (Å²) in [5.41, 5.74) is 0. The Balaban J connectivity index is 2.19. The predicted molar refractivity (Wildman–Crippen MR) is 52.4 cm³/mol. The molecule has 7 heteroatoms. The summed E-state index contributed by atoms with van der Waals surface area (Å²) in [6.45, 7) is -0.443. The lowest BCUT2D eigenvalue weighted by Crippen LogP contribution is -2.32. The molecule has 94 valence electrons. The molecular formula is C10H12O7. The molecule has 0 unspecified atom stereocenters. The maximum absolute atomic E-state index is 10.6. The minimum absolute atomic E-state index is 0.102. The molecule has 0 bridgehead atoms. The lowest BCUT2D eigenvalue weighted by atomic mass is 10.1. The quantitative estimate of drug-likeness (QED) is 0.545. The number of aliphatic hydroxyl groups is 3. The van der Waals surface area contributed by atoms with Crippen molar-refractivity contribution >= 4 is 5.97 Å². The van der Waals surface area contributed by atoms with E-state index in [1.807, 2.05) is 0 Å². The van der Waals surface area contributed by atoms with Gasteiger partial charge < -0.3 is 29.6 Å². The second-order valence-electron chi connectivity index (χ2n) is 3.77. The van der Waals surface area contributed by atoms with Crippen molar-refractivity contribution < 1.29 is 34.4 Å². The Hall–Kier alpha value is -1.41. The molecule has 0 amide bonds. The molecule has 1 aliphatic rings. The average molecular weight is 244 g/mol. The van der Waals surface area contributed by atoms with Crippen molar-refractivity contribution in [3.05, 3.63) is 23.7 Å². The van der Waals surface area contributed by atoms with Crippen LogP contribution in [0.5, 0.6) is 0 Å². The maximum Gasteiger partial charge on any atom is 0.371 e. The Bertz CT molecular complexity index is 413. The summed E-state index contributed by atoms with van der Waals surface area (Å²) in [6, 6.07) is 2.58. The van der Waals surface area contributed by atoms with Crippen LogP contribution >= 0.6 is 0 Å². The van der Waals surface area contributed by atoms with Gasteiger partial charge in [0.15, 0.2) is 0 Å². The third kappa shape index (κ3) is 2.05. The van der Waals surface area contributed by atoms with Crippen molar-refractivity contribution in [1.29, 1.82) is 0 Å². The number of ether oxygens (including phenoxy) is 1. The van der Waals surface area contributed by atoms with Crippen LogP contribution in [-0.4, -0.2) is 51.3 Å². The fourth-order valence-corrected chi connectivity index (χ4v) is 1.76. The van der Waals surface area contributed by atoms with E-state index < -0.39 is 37.0 Å². The van der Waals surface area contributed by atoms with Crippen LogP contribution in [0.1, 0.15) is 22.4 Å². The highest BCUT2D eigenvalue weighted by Crippen LogP contribution is 2.34. The molecule has 0 aromatic carbocycles. The van der Waals surface area contributed by atoms with E-state index in [1.54, 1.807) is 0 Å². The minimum atomic E-state index is -1.26. The van der Waals surface area contributed by atoms with E-state index >= 15 is 0 Å². The van der Waals surface area contributed by atoms with E-state index in [-0.39, 0.29) is 11.5 Å². The van der Waals surface area contributed by atoms with Crippen LogP contribution in [0.3, 0.4) is 0 Å². The molecule has 1 aromatic heterocycles. The van der Waals surface area contributed by atoms with E-state index in [4.69, 9.17) is 19.4 Å². The summed E-state index contributed by atoms with van der Waals surface area (Å²) >= 11 is 0. The highest BCUT2D eigenvalue weighted by molar-refractivity contribution is 5.84. The van der Waals surface area contributed by atoms with Crippen molar-refractivity contribution in [2.24, 2.45) is 0 Å². The standard InChI is InChI=1S/C10H12O7/c11-3-6-7(12)8(13)9(17-6)4-1-2-5(16-4)10(14)15/h1-2,6-9,11-13H,3H2,(H,14,15)/t6-,7-,8-,9+/m1/s1. The van der Waals surface area contributed by atoms with Gasteiger partial charge in [-0.15, -0.1) is 0 Å². The van der Waals surface area contributed by atoms with Gasteiger partial charge >= 0.3 is 5.97 Å². The summed E-state index contributed by atoms with van der Waals surface area (Å²) in [7, 11) is 0. The van der Waals surface area contributed by atoms with E-state index in [9.17, 15) is 15.0 Å². The Labute approximate surface area is 95.9 Å². The van der Waals surface area contributed by atoms with Crippen LogP contribution in [0.2, 0.25) is 0 Å². The fourth-order valence-electron chi connectivity index (χ4n) is 1.76. The Morgan fingerprint density at radius 3 is 2.47 bits per heavy atom. The number of hydrogen-bond acceptors (Lipinski definition) is 6. The van der Waals surface area contributed by atoms with E-state index in [0.717, 1.165) is 0 Å². The first-order chi connectivity index (χ1) is 8.04. The summed E-state index contributed by atoms with van der Waals surface area (Å²) in [4.78, 5) is 10.6. The van der Waals surface area contributed by atoms with Crippen LogP contribution < -0.4 is 0 Å².